The van der Waals surface area contributed by atoms with E-state index in [1.54, 1.807) is 66.7 Å². The van der Waals surface area contributed by atoms with E-state index in [4.69, 9.17) is 37.4 Å². The Bertz CT molecular complexity index is 1290. The molecule has 0 aromatic heterocycles. The Hall–Kier alpha value is -3.13. The molecule has 0 radical (unpaired) electrons. The molecule has 1 heterocycles. The zero-order chi connectivity index (χ0) is 24.2. The number of hydrogen-bond acceptors (Lipinski definition) is 6. The van der Waals surface area contributed by atoms with Crippen LogP contribution in [0.4, 0.5) is 10.5 Å². The number of carbonyl (C=O) groups excluding carboxylic acids is 2. The van der Waals surface area contributed by atoms with E-state index in [-0.39, 0.29) is 6.61 Å². The molecule has 0 bridgehead atoms. The maximum absolute atomic E-state index is 13.0. The molecule has 0 atom stereocenters. The summed E-state index contributed by atoms with van der Waals surface area (Å²) in [5.41, 5.74) is 1.86. The van der Waals surface area contributed by atoms with Crippen LogP contribution < -0.4 is 19.1 Å². The molecule has 1 fully saturated rings. The number of rotatable bonds is 7. The SMILES string of the molecule is COc1cc(/C=C2\SC(=O)N(c3ccccc3OC)C2=O)ccc1OCc1ccc(Cl)cc1Cl. The van der Waals surface area contributed by atoms with Crippen molar-refractivity contribution >= 4 is 57.9 Å². The number of benzene rings is 3. The highest BCUT2D eigenvalue weighted by Crippen LogP contribution is 2.40. The third-order valence-corrected chi connectivity index (χ3v) is 6.46. The van der Waals surface area contributed by atoms with Gasteiger partial charge in [0.25, 0.3) is 11.1 Å². The predicted octanol–water partition coefficient (Wildman–Crippen LogP) is 6.83. The van der Waals surface area contributed by atoms with Gasteiger partial charge in [-0.3, -0.25) is 9.59 Å². The van der Waals surface area contributed by atoms with Gasteiger partial charge in [-0.25, -0.2) is 4.90 Å². The van der Waals surface area contributed by atoms with Gasteiger partial charge in [0.1, 0.15) is 12.4 Å². The minimum absolute atomic E-state index is 0.226. The number of para-hydroxylation sites is 2. The van der Waals surface area contributed by atoms with Gasteiger partial charge in [0, 0.05) is 15.6 Å². The number of ether oxygens (including phenoxy) is 3. The Morgan fingerprint density at radius 3 is 2.41 bits per heavy atom. The molecule has 1 saturated heterocycles. The summed E-state index contributed by atoms with van der Waals surface area (Å²) in [6.45, 7) is 0.226. The van der Waals surface area contributed by atoms with Gasteiger partial charge in [-0.1, -0.05) is 47.5 Å². The molecule has 174 valence electrons. The monoisotopic (exact) mass is 515 g/mol. The molecule has 9 heteroatoms. The number of hydrogen-bond donors (Lipinski definition) is 0. The van der Waals surface area contributed by atoms with Crippen molar-refractivity contribution in [1.29, 1.82) is 0 Å². The number of amides is 2. The fourth-order valence-corrected chi connectivity index (χ4v) is 4.63. The lowest BCUT2D eigenvalue weighted by Crippen LogP contribution is -2.28. The van der Waals surface area contributed by atoms with Gasteiger partial charge in [-0.15, -0.1) is 0 Å². The van der Waals surface area contributed by atoms with Gasteiger partial charge in [-0.2, -0.15) is 0 Å². The Morgan fingerprint density at radius 1 is 0.912 bits per heavy atom. The van der Waals surface area contributed by atoms with Crippen molar-refractivity contribution in [3.05, 3.63) is 86.7 Å². The van der Waals surface area contributed by atoms with Crippen molar-refractivity contribution in [3.63, 3.8) is 0 Å². The van der Waals surface area contributed by atoms with E-state index in [0.29, 0.717) is 43.4 Å². The zero-order valence-electron chi connectivity index (χ0n) is 18.2. The van der Waals surface area contributed by atoms with Crippen LogP contribution >= 0.6 is 35.0 Å². The van der Waals surface area contributed by atoms with Crippen LogP contribution in [0.5, 0.6) is 17.2 Å². The third kappa shape index (κ3) is 5.01. The van der Waals surface area contributed by atoms with Gasteiger partial charge in [0.2, 0.25) is 0 Å². The summed E-state index contributed by atoms with van der Waals surface area (Å²) in [6.07, 6.45) is 1.64. The topological polar surface area (TPSA) is 65.1 Å². The number of carbonyl (C=O) groups is 2. The zero-order valence-corrected chi connectivity index (χ0v) is 20.5. The number of anilines is 1. The lowest BCUT2D eigenvalue weighted by atomic mass is 10.1. The Balaban J connectivity index is 1.55. The average molecular weight is 516 g/mol. The van der Waals surface area contributed by atoms with Crippen LogP contribution in [0.25, 0.3) is 6.08 Å². The van der Waals surface area contributed by atoms with Gasteiger partial charge in [-0.05, 0) is 59.8 Å². The lowest BCUT2D eigenvalue weighted by molar-refractivity contribution is -0.113. The summed E-state index contributed by atoms with van der Waals surface area (Å²) >= 11 is 13.0. The van der Waals surface area contributed by atoms with Crippen molar-refractivity contribution in [2.24, 2.45) is 0 Å². The summed E-state index contributed by atoms with van der Waals surface area (Å²) in [6, 6.07) is 17.3. The van der Waals surface area contributed by atoms with Crippen LogP contribution in [-0.2, 0) is 11.4 Å². The molecule has 2 amide bonds. The third-order valence-electron chi connectivity index (χ3n) is 5.00. The highest BCUT2D eigenvalue weighted by molar-refractivity contribution is 8.19. The summed E-state index contributed by atoms with van der Waals surface area (Å²) < 4.78 is 16.6. The lowest BCUT2D eigenvalue weighted by Gasteiger charge is -2.15. The molecule has 34 heavy (non-hydrogen) atoms. The van der Waals surface area contributed by atoms with Gasteiger partial charge >= 0.3 is 0 Å². The fraction of sp³-hybridized carbons (Fsp3) is 0.120. The average Bonchev–Trinajstić information content (AvgIpc) is 3.11. The summed E-state index contributed by atoms with van der Waals surface area (Å²) in [7, 11) is 3.02. The van der Waals surface area contributed by atoms with Gasteiger partial charge < -0.3 is 14.2 Å². The Labute approximate surface area is 211 Å². The van der Waals surface area contributed by atoms with E-state index in [1.165, 1.54) is 14.2 Å². The van der Waals surface area contributed by atoms with Crippen LogP contribution in [0, 0.1) is 0 Å². The van der Waals surface area contributed by atoms with Crippen molar-refractivity contribution in [2.75, 3.05) is 19.1 Å². The molecule has 4 rings (SSSR count). The fourth-order valence-electron chi connectivity index (χ4n) is 3.33. The molecule has 3 aromatic rings. The van der Waals surface area contributed by atoms with E-state index in [0.717, 1.165) is 22.2 Å². The first-order valence-corrected chi connectivity index (χ1v) is 11.6. The second-order valence-electron chi connectivity index (χ2n) is 7.12. The van der Waals surface area contributed by atoms with Crippen LogP contribution in [0.3, 0.4) is 0 Å². The molecular weight excluding hydrogens is 497 g/mol. The largest absolute Gasteiger partial charge is 0.495 e. The standard InChI is InChI=1S/C25H19Cl2NO5S/c1-31-20-6-4-3-5-19(20)28-24(29)23(34-25(28)30)12-15-7-10-21(22(11-15)32-2)33-14-16-8-9-17(26)13-18(16)27/h3-13H,14H2,1-2H3/b23-12-. The second kappa shape index (κ2) is 10.4. The Kier molecular flexibility index (Phi) is 7.36. The van der Waals surface area contributed by atoms with Gasteiger partial charge in [0.15, 0.2) is 11.5 Å². The minimum Gasteiger partial charge on any atom is -0.495 e. The summed E-state index contributed by atoms with van der Waals surface area (Å²) in [5, 5.41) is 0.659. The smallest absolute Gasteiger partial charge is 0.298 e. The van der Waals surface area contributed by atoms with Crippen LogP contribution in [0.15, 0.2) is 65.6 Å². The maximum Gasteiger partial charge on any atom is 0.298 e. The molecule has 0 saturated carbocycles. The van der Waals surface area contributed by atoms with Crippen molar-refractivity contribution in [2.45, 2.75) is 6.61 Å². The highest BCUT2D eigenvalue weighted by Gasteiger charge is 2.37. The van der Waals surface area contributed by atoms with E-state index in [1.807, 2.05) is 0 Å². The number of methoxy groups -OCH3 is 2. The van der Waals surface area contributed by atoms with E-state index in [2.05, 4.69) is 0 Å². The van der Waals surface area contributed by atoms with Crippen LogP contribution in [0.1, 0.15) is 11.1 Å². The quantitative estimate of drug-likeness (QED) is 0.321. The number of thioether (sulfide) groups is 1. The van der Waals surface area contributed by atoms with E-state index >= 15 is 0 Å². The normalized spacial score (nSPS) is 14.6. The highest BCUT2D eigenvalue weighted by atomic mass is 35.5. The summed E-state index contributed by atoms with van der Waals surface area (Å²) in [4.78, 5) is 27.0. The number of halogens is 2. The van der Waals surface area contributed by atoms with Crippen molar-refractivity contribution in [1.82, 2.24) is 0 Å². The molecular formula is C25H19Cl2NO5S. The Morgan fingerprint density at radius 2 is 1.68 bits per heavy atom. The first-order valence-electron chi connectivity index (χ1n) is 10.1. The first-order chi connectivity index (χ1) is 16.4. The van der Waals surface area contributed by atoms with Crippen LogP contribution in [0.2, 0.25) is 10.0 Å². The predicted molar refractivity (Wildman–Crippen MR) is 135 cm³/mol. The molecule has 0 unspecified atom stereocenters. The van der Waals surface area contributed by atoms with E-state index in [9.17, 15) is 9.59 Å². The molecule has 3 aromatic carbocycles. The van der Waals surface area contributed by atoms with E-state index < -0.39 is 11.1 Å². The van der Waals surface area contributed by atoms with Gasteiger partial charge in [0.05, 0.1) is 24.8 Å². The van der Waals surface area contributed by atoms with Crippen molar-refractivity contribution in [3.8, 4) is 17.2 Å². The molecule has 0 aliphatic carbocycles. The van der Waals surface area contributed by atoms with Crippen LogP contribution in [-0.4, -0.2) is 25.4 Å². The molecule has 1 aliphatic heterocycles. The number of nitrogens with zero attached hydrogens (tertiary/aromatic N) is 1. The summed E-state index contributed by atoms with van der Waals surface area (Å²) in [5.74, 6) is 1.00. The first kappa shape index (κ1) is 24.0. The molecule has 0 N–H and O–H groups in total. The maximum atomic E-state index is 13.0. The molecule has 1 aliphatic rings. The minimum atomic E-state index is -0.420. The number of imide groups is 1. The second-order valence-corrected chi connectivity index (χ2v) is 8.96. The van der Waals surface area contributed by atoms with Crippen molar-refractivity contribution < 1.29 is 23.8 Å². The molecule has 0 spiro atoms. The molecule has 6 nitrogen and oxygen atoms in total.